The molecular formula is C25H32N2O4S. The van der Waals surface area contributed by atoms with Gasteiger partial charge in [0.25, 0.3) is 0 Å². The fourth-order valence-electron chi connectivity index (χ4n) is 4.78. The zero-order chi connectivity index (χ0) is 22.6. The van der Waals surface area contributed by atoms with Gasteiger partial charge in [-0.3, -0.25) is 4.79 Å². The van der Waals surface area contributed by atoms with Gasteiger partial charge in [-0.05, 0) is 73.4 Å². The second-order valence-electron chi connectivity index (χ2n) is 8.65. The molecule has 2 aliphatic rings. The zero-order valence-electron chi connectivity index (χ0n) is 18.7. The highest BCUT2D eigenvalue weighted by Crippen LogP contribution is 2.30. The van der Waals surface area contributed by atoms with Crippen LogP contribution in [0.3, 0.4) is 0 Å². The molecular weight excluding hydrogens is 424 g/mol. The predicted octanol–water partition coefficient (Wildman–Crippen LogP) is 4.00. The summed E-state index contributed by atoms with van der Waals surface area (Å²) in [6.07, 6.45) is 6.62. The molecule has 1 amide bonds. The number of nitrogens with zero attached hydrogens (tertiary/aromatic N) is 1. The summed E-state index contributed by atoms with van der Waals surface area (Å²) in [6.45, 7) is 1.13. The monoisotopic (exact) mass is 456 g/mol. The van der Waals surface area contributed by atoms with E-state index in [-0.39, 0.29) is 23.3 Å². The van der Waals surface area contributed by atoms with E-state index < -0.39 is 10.0 Å². The lowest BCUT2D eigenvalue weighted by molar-refractivity contribution is -0.121. The SMILES string of the molecule is COc1ccc(S(=O)(=O)N2CCCCC2)cc1CCC(=O)NC1CCCc2ccccc21. The lowest BCUT2D eigenvalue weighted by Gasteiger charge is -2.26. The molecule has 172 valence electrons. The molecule has 1 unspecified atom stereocenters. The molecule has 0 radical (unpaired) electrons. The van der Waals surface area contributed by atoms with Gasteiger partial charge in [0, 0.05) is 19.5 Å². The molecule has 1 saturated heterocycles. The van der Waals surface area contributed by atoms with Gasteiger partial charge in [-0.15, -0.1) is 0 Å². The maximum atomic E-state index is 13.1. The Morgan fingerprint density at radius 1 is 1.09 bits per heavy atom. The maximum absolute atomic E-state index is 13.1. The molecule has 2 aromatic rings. The van der Waals surface area contributed by atoms with Gasteiger partial charge in [0.2, 0.25) is 15.9 Å². The molecule has 0 aromatic heterocycles. The number of amides is 1. The van der Waals surface area contributed by atoms with E-state index >= 15 is 0 Å². The van der Waals surface area contributed by atoms with Crippen LogP contribution >= 0.6 is 0 Å². The first kappa shape index (κ1) is 22.8. The molecule has 2 aromatic carbocycles. The number of benzene rings is 2. The van der Waals surface area contributed by atoms with Crippen LogP contribution in [0, 0.1) is 0 Å². The number of nitrogens with one attached hydrogen (secondary N) is 1. The Morgan fingerprint density at radius 2 is 1.88 bits per heavy atom. The number of ether oxygens (including phenoxy) is 1. The second-order valence-corrected chi connectivity index (χ2v) is 10.6. The quantitative estimate of drug-likeness (QED) is 0.683. The van der Waals surface area contributed by atoms with Crippen molar-refractivity contribution in [3.8, 4) is 5.75 Å². The predicted molar refractivity (Wildman–Crippen MR) is 124 cm³/mol. The van der Waals surface area contributed by atoms with Gasteiger partial charge in [-0.1, -0.05) is 30.7 Å². The first-order valence-electron chi connectivity index (χ1n) is 11.5. The molecule has 0 spiro atoms. The van der Waals surface area contributed by atoms with Gasteiger partial charge in [0.05, 0.1) is 18.0 Å². The van der Waals surface area contributed by atoms with Crippen molar-refractivity contribution in [2.75, 3.05) is 20.2 Å². The molecule has 32 heavy (non-hydrogen) atoms. The molecule has 7 heteroatoms. The largest absolute Gasteiger partial charge is 0.496 e. The molecule has 1 aliphatic carbocycles. The summed E-state index contributed by atoms with van der Waals surface area (Å²) < 4.78 is 33.1. The van der Waals surface area contributed by atoms with E-state index in [1.165, 1.54) is 11.1 Å². The fourth-order valence-corrected chi connectivity index (χ4v) is 6.35. The summed E-state index contributed by atoms with van der Waals surface area (Å²) >= 11 is 0. The van der Waals surface area contributed by atoms with Crippen molar-refractivity contribution >= 4 is 15.9 Å². The summed E-state index contributed by atoms with van der Waals surface area (Å²) in [5.41, 5.74) is 3.26. The Balaban J connectivity index is 1.45. The standard InChI is InChI=1S/C25H32N2O4S/c1-31-24-14-13-21(32(29,30)27-16-5-2-6-17-27)18-20(24)12-15-25(28)26-23-11-7-9-19-8-3-4-10-22(19)23/h3-4,8,10,13-14,18,23H,2,5-7,9,11-12,15-17H2,1H3,(H,26,28). The minimum absolute atomic E-state index is 0.0296. The Kier molecular flexibility index (Phi) is 7.16. The number of sulfonamides is 1. The van der Waals surface area contributed by atoms with Gasteiger partial charge < -0.3 is 10.1 Å². The Labute approximate surface area is 191 Å². The molecule has 1 atom stereocenters. The van der Waals surface area contributed by atoms with Gasteiger partial charge in [-0.25, -0.2) is 8.42 Å². The zero-order valence-corrected chi connectivity index (χ0v) is 19.5. The average Bonchev–Trinajstić information content (AvgIpc) is 2.83. The highest BCUT2D eigenvalue weighted by molar-refractivity contribution is 7.89. The third kappa shape index (κ3) is 4.99. The van der Waals surface area contributed by atoms with Crippen molar-refractivity contribution in [1.82, 2.24) is 9.62 Å². The number of rotatable bonds is 7. The minimum Gasteiger partial charge on any atom is -0.496 e. The van der Waals surface area contributed by atoms with E-state index in [9.17, 15) is 13.2 Å². The van der Waals surface area contributed by atoms with Crippen LogP contribution < -0.4 is 10.1 Å². The molecule has 1 heterocycles. The van der Waals surface area contributed by atoms with Crippen molar-refractivity contribution in [2.24, 2.45) is 0 Å². The van der Waals surface area contributed by atoms with E-state index in [2.05, 4.69) is 17.4 Å². The van der Waals surface area contributed by atoms with Crippen molar-refractivity contribution in [3.63, 3.8) is 0 Å². The number of fused-ring (bicyclic) bond motifs is 1. The number of methoxy groups -OCH3 is 1. The average molecular weight is 457 g/mol. The number of piperidine rings is 1. The normalized spacial score (nSPS) is 19.2. The lowest BCUT2D eigenvalue weighted by atomic mass is 9.87. The molecule has 1 N–H and O–H groups in total. The topological polar surface area (TPSA) is 75.7 Å². The van der Waals surface area contributed by atoms with Crippen LogP contribution in [0.15, 0.2) is 47.4 Å². The molecule has 0 bridgehead atoms. The van der Waals surface area contributed by atoms with E-state index in [4.69, 9.17) is 4.74 Å². The van der Waals surface area contributed by atoms with Crippen molar-refractivity contribution in [2.45, 2.75) is 62.3 Å². The Morgan fingerprint density at radius 3 is 2.66 bits per heavy atom. The van der Waals surface area contributed by atoms with E-state index in [1.54, 1.807) is 29.6 Å². The Bertz CT molecular complexity index is 1060. The number of hydrogen-bond donors (Lipinski definition) is 1. The third-order valence-electron chi connectivity index (χ3n) is 6.53. The summed E-state index contributed by atoms with van der Waals surface area (Å²) in [4.78, 5) is 13.0. The summed E-state index contributed by atoms with van der Waals surface area (Å²) in [7, 11) is -1.96. The highest BCUT2D eigenvalue weighted by Gasteiger charge is 2.27. The van der Waals surface area contributed by atoms with Crippen LogP contribution in [-0.2, 0) is 27.7 Å². The van der Waals surface area contributed by atoms with Crippen LogP contribution in [0.1, 0.15) is 61.3 Å². The van der Waals surface area contributed by atoms with Gasteiger partial charge in [-0.2, -0.15) is 4.31 Å². The van der Waals surface area contributed by atoms with Gasteiger partial charge >= 0.3 is 0 Å². The summed E-state index contributed by atoms with van der Waals surface area (Å²) in [5, 5.41) is 3.17. The van der Waals surface area contributed by atoms with Crippen molar-refractivity contribution in [1.29, 1.82) is 0 Å². The maximum Gasteiger partial charge on any atom is 0.243 e. The smallest absolute Gasteiger partial charge is 0.243 e. The third-order valence-corrected chi connectivity index (χ3v) is 8.43. The van der Waals surface area contributed by atoms with Gasteiger partial charge in [0.15, 0.2) is 0 Å². The summed E-state index contributed by atoms with van der Waals surface area (Å²) in [6, 6.07) is 13.3. The lowest BCUT2D eigenvalue weighted by Crippen LogP contribution is -2.35. The van der Waals surface area contributed by atoms with Gasteiger partial charge in [0.1, 0.15) is 5.75 Å². The van der Waals surface area contributed by atoms with Crippen molar-refractivity contribution < 1.29 is 17.9 Å². The fraction of sp³-hybridized carbons (Fsp3) is 0.480. The van der Waals surface area contributed by atoms with Crippen LogP contribution in [-0.4, -0.2) is 38.8 Å². The van der Waals surface area contributed by atoms with Crippen LogP contribution in [0.4, 0.5) is 0 Å². The number of aryl methyl sites for hydroxylation is 2. The first-order chi connectivity index (χ1) is 15.5. The molecule has 1 aliphatic heterocycles. The number of carbonyl (C=O) groups is 1. The first-order valence-corrected chi connectivity index (χ1v) is 13.0. The summed E-state index contributed by atoms with van der Waals surface area (Å²) in [5.74, 6) is 0.580. The van der Waals surface area contributed by atoms with E-state index in [0.29, 0.717) is 25.3 Å². The van der Waals surface area contributed by atoms with E-state index in [0.717, 1.165) is 44.1 Å². The molecule has 1 fully saturated rings. The number of hydrogen-bond acceptors (Lipinski definition) is 4. The van der Waals surface area contributed by atoms with Crippen LogP contribution in [0.5, 0.6) is 5.75 Å². The van der Waals surface area contributed by atoms with E-state index in [1.807, 2.05) is 12.1 Å². The Hall–Kier alpha value is -2.38. The molecule has 0 saturated carbocycles. The van der Waals surface area contributed by atoms with Crippen molar-refractivity contribution in [3.05, 3.63) is 59.2 Å². The second kappa shape index (κ2) is 10.0. The number of carbonyl (C=O) groups excluding carboxylic acids is 1. The minimum atomic E-state index is -3.53. The van der Waals surface area contributed by atoms with Crippen LogP contribution in [0.25, 0.3) is 0 Å². The molecule has 6 nitrogen and oxygen atoms in total. The molecule has 4 rings (SSSR count). The van der Waals surface area contributed by atoms with Crippen LogP contribution in [0.2, 0.25) is 0 Å². The highest BCUT2D eigenvalue weighted by atomic mass is 32.2.